The Morgan fingerprint density at radius 1 is 0.765 bits per heavy atom. The van der Waals surface area contributed by atoms with Crippen LogP contribution < -0.4 is 0 Å². The molecule has 2 aromatic rings. The lowest BCUT2D eigenvalue weighted by Gasteiger charge is -2.10. The van der Waals surface area contributed by atoms with Crippen LogP contribution in [0, 0.1) is 41.5 Å². The summed E-state index contributed by atoms with van der Waals surface area (Å²) in [6.45, 7) is 12.7. The van der Waals surface area contributed by atoms with Crippen LogP contribution in [0.1, 0.15) is 33.6 Å². The summed E-state index contributed by atoms with van der Waals surface area (Å²) < 4.78 is 5.93. The van der Waals surface area contributed by atoms with Gasteiger partial charge in [0.15, 0.2) is 0 Å². The van der Waals surface area contributed by atoms with Crippen LogP contribution in [0.3, 0.4) is 0 Å². The molecular weight excluding hydrogens is 208 g/mol. The fourth-order valence-electron chi connectivity index (χ4n) is 2.52. The lowest BCUT2D eigenvalue weighted by Crippen LogP contribution is -1.90. The average Bonchev–Trinajstić information content (AvgIpc) is 2.45. The third kappa shape index (κ3) is 1.90. The van der Waals surface area contributed by atoms with E-state index in [-0.39, 0.29) is 0 Å². The second-order valence-electron chi connectivity index (χ2n) is 5.01. The quantitative estimate of drug-likeness (QED) is 0.683. The van der Waals surface area contributed by atoms with Crippen molar-refractivity contribution in [2.24, 2.45) is 0 Å². The van der Waals surface area contributed by atoms with E-state index in [1.165, 1.54) is 33.4 Å². The Labute approximate surface area is 103 Å². The Morgan fingerprint density at radius 2 is 1.29 bits per heavy atom. The van der Waals surface area contributed by atoms with E-state index in [2.05, 4.69) is 46.8 Å². The SMILES string of the molecule is Cc1cc(C)c(-c2oc(C)c(C)c2C)c(C)c1. The van der Waals surface area contributed by atoms with Crippen LogP contribution in [-0.2, 0) is 0 Å². The third-order valence-corrected chi connectivity index (χ3v) is 3.59. The van der Waals surface area contributed by atoms with Gasteiger partial charge >= 0.3 is 0 Å². The minimum absolute atomic E-state index is 1.02. The lowest BCUT2D eigenvalue weighted by atomic mass is 9.95. The predicted molar refractivity (Wildman–Crippen MR) is 72.6 cm³/mol. The van der Waals surface area contributed by atoms with Gasteiger partial charge in [0.2, 0.25) is 0 Å². The molecule has 0 unspecified atom stereocenters. The van der Waals surface area contributed by atoms with E-state index in [4.69, 9.17) is 4.42 Å². The lowest BCUT2D eigenvalue weighted by molar-refractivity contribution is 0.544. The van der Waals surface area contributed by atoms with Crippen LogP contribution in [0.5, 0.6) is 0 Å². The first-order chi connectivity index (χ1) is 7.91. The Hall–Kier alpha value is -1.50. The van der Waals surface area contributed by atoms with Crippen molar-refractivity contribution >= 4 is 0 Å². The molecule has 0 amide bonds. The molecule has 0 radical (unpaired) electrons. The van der Waals surface area contributed by atoms with Gasteiger partial charge < -0.3 is 4.42 Å². The Bertz CT molecular complexity index is 550. The summed E-state index contributed by atoms with van der Waals surface area (Å²) in [6, 6.07) is 4.43. The molecule has 0 bridgehead atoms. The standard InChI is InChI=1S/C16H20O/c1-9-7-10(2)15(11(3)8-9)16-13(5)12(4)14(6)17-16/h7-8H,1-6H3. The second-order valence-corrected chi connectivity index (χ2v) is 5.01. The van der Waals surface area contributed by atoms with E-state index in [0.717, 1.165) is 11.5 Å². The van der Waals surface area contributed by atoms with Crippen molar-refractivity contribution in [3.63, 3.8) is 0 Å². The van der Waals surface area contributed by atoms with Crippen molar-refractivity contribution in [3.8, 4) is 11.3 Å². The zero-order valence-electron chi connectivity index (χ0n) is 11.6. The first-order valence-electron chi connectivity index (χ1n) is 6.06. The maximum absolute atomic E-state index is 5.93. The van der Waals surface area contributed by atoms with Crippen LogP contribution in [0.2, 0.25) is 0 Å². The maximum atomic E-state index is 5.93. The number of aryl methyl sites for hydroxylation is 4. The fourth-order valence-corrected chi connectivity index (χ4v) is 2.52. The molecule has 2 rings (SSSR count). The van der Waals surface area contributed by atoms with Gasteiger partial charge in [-0.25, -0.2) is 0 Å². The van der Waals surface area contributed by atoms with Crippen molar-refractivity contribution in [2.45, 2.75) is 41.5 Å². The molecule has 0 spiro atoms. The topological polar surface area (TPSA) is 13.1 Å². The van der Waals surface area contributed by atoms with Crippen molar-refractivity contribution in [2.75, 3.05) is 0 Å². The fraction of sp³-hybridized carbons (Fsp3) is 0.375. The monoisotopic (exact) mass is 228 g/mol. The number of furan rings is 1. The summed E-state index contributed by atoms with van der Waals surface area (Å²) in [5, 5.41) is 0. The normalized spacial score (nSPS) is 10.9. The van der Waals surface area contributed by atoms with Crippen molar-refractivity contribution in [1.82, 2.24) is 0 Å². The van der Waals surface area contributed by atoms with Crippen LogP contribution in [0.4, 0.5) is 0 Å². The van der Waals surface area contributed by atoms with Crippen molar-refractivity contribution < 1.29 is 4.42 Å². The minimum atomic E-state index is 1.02. The van der Waals surface area contributed by atoms with Crippen LogP contribution in [0.15, 0.2) is 16.5 Å². The molecule has 90 valence electrons. The Morgan fingerprint density at radius 3 is 1.71 bits per heavy atom. The smallest absolute Gasteiger partial charge is 0.137 e. The molecule has 1 nitrogen and oxygen atoms in total. The second kappa shape index (κ2) is 4.06. The summed E-state index contributed by atoms with van der Waals surface area (Å²) >= 11 is 0. The van der Waals surface area contributed by atoms with E-state index in [0.29, 0.717) is 0 Å². The molecule has 0 N–H and O–H groups in total. The summed E-state index contributed by atoms with van der Waals surface area (Å²) in [7, 11) is 0. The molecular formula is C16H20O. The van der Waals surface area contributed by atoms with Crippen LogP contribution in [0.25, 0.3) is 11.3 Å². The van der Waals surface area contributed by atoms with Gasteiger partial charge in [-0.05, 0) is 63.8 Å². The minimum Gasteiger partial charge on any atom is -0.461 e. The first kappa shape index (κ1) is 12.0. The number of benzene rings is 1. The summed E-state index contributed by atoms with van der Waals surface area (Å²) in [5.41, 5.74) is 7.67. The van der Waals surface area contributed by atoms with Crippen molar-refractivity contribution in [1.29, 1.82) is 0 Å². The average molecular weight is 228 g/mol. The van der Waals surface area contributed by atoms with Crippen LogP contribution >= 0.6 is 0 Å². The van der Waals surface area contributed by atoms with E-state index in [1.807, 2.05) is 6.92 Å². The molecule has 0 saturated heterocycles. The van der Waals surface area contributed by atoms with Gasteiger partial charge in [0.1, 0.15) is 11.5 Å². The van der Waals surface area contributed by atoms with Gasteiger partial charge in [0, 0.05) is 5.56 Å². The molecule has 1 aromatic heterocycles. The first-order valence-corrected chi connectivity index (χ1v) is 6.06. The molecule has 1 heterocycles. The van der Waals surface area contributed by atoms with Gasteiger partial charge in [-0.3, -0.25) is 0 Å². The highest BCUT2D eigenvalue weighted by Crippen LogP contribution is 2.34. The van der Waals surface area contributed by atoms with Gasteiger partial charge in [0.25, 0.3) is 0 Å². The summed E-state index contributed by atoms with van der Waals surface area (Å²) in [4.78, 5) is 0. The molecule has 0 aliphatic heterocycles. The summed E-state index contributed by atoms with van der Waals surface area (Å²) in [6.07, 6.45) is 0. The zero-order valence-corrected chi connectivity index (χ0v) is 11.6. The number of hydrogen-bond donors (Lipinski definition) is 0. The largest absolute Gasteiger partial charge is 0.461 e. The Balaban J connectivity index is 2.73. The number of hydrogen-bond acceptors (Lipinski definition) is 1. The molecule has 17 heavy (non-hydrogen) atoms. The maximum Gasteiger partial charge on any atom is 0.137 e. The van der Waals surface area contributed by atoms with Crippen molar-refractivity contribution in [3.05, 3.63) is 45.7 Å². The molecule has 0 fully saturated rings. The Kier molecular flexibility index (Phi) is 2.86. The summed E-state index contributed by atoms with van der Waals surface area (Å²) in [5.74, 6) is 2.06. The zero-order chi connectivity index (χ0) is 12.7. The van der Waals surface area contributed by atoms with E-state index < -0.39 is 0 Å². The van der Waals surface area contributed by atoms with Gasteiger partial charge in [-0.1, -0.05) is 17.7 Å². The molecule has 1 aromatic carbocycles. The molecule has 0 atom stereocenters. The molecule has 1 heteroatoms. The highest BCUT2D eigenvalue weighted by atomic mass is 16.3. The number of rotatable bonds is 1. The molecule has 0 aliphatic carbocycles. The van der Waals surface area contributed by atoms with E-state index in [1.54, 1.807) is 0 Å². The van der Waals surface area contributed by atoms with Crippen LogP contribution in [-0.4, -0.2) is 0 Å². The molecule has 0 saturated carbocycles. The predicted octanol–water partition coefficient (Wildman–Crippen LogP) is 4.80. The van der Waals surface area contributed by atoms with Gasteiger partial charge in [0.05, 0.1) is 0 Å². The molecule has 0 aliphatic rings. The van der Waals surface area contributed by atoms with E-state index in [9.17, 15) is 0 Å². The highest BCUT2D eigenvalue weighted by molar-refractivity contribution is 5.71. The van der Waals surface area contributed by atoms with E-state index >= 15 is 0 Å². The third-order valence-electron chi connectivity index (χ3n) is 3.59. The highest BCUT2D eigenvalue weighted by Gasteiger charge is 2.16. The van der Waals surface area contributed by atoms with Gasteiger partial charge in [-0.15, -0.1) is 0 Å². The van der Waals surface area contributed by atoms with Gasteiger partial charge in [-0.2, -0.15) is 0 Å².